The van der Waals surface area contributed by atoms with Gasteiger partial charge < -0.3 is 15.5 Å². The summed E-state index contributed by atoms with van der Waals surface area (Å²) in [4.78, 5) is 26.5. The summed E-state index contributed by atoms with van der Waals surface area (Å²) in [6.07, 6.45) is 1.14. The number of halogens is 1. The summed E-state index contributed by atoms with van der Waals surface area (Å²) >= 11 is 3.57. The third-order valence-electron chi connectivity index (χ3n) is 4.26. The van der Waals surface area contributed by atoms with E-state index in [1.54, 1.807) is 0 Å². The van der Waals surface area contributed by atoms with E-state index in [2.05, 4.69) is 33.5 Å². The van der Waals surface area contributed by atoms with Gasteiger partial charge in [-0.15, -0.1) is 0 Å². The highest BCUT2D eigenvalue weighted by Crippen LogP contribution is 2.28. The molecule has 2 aromatic rings. The highest BCUT2D eigenvalue weighted by molar-refractivity contribution is 9.10. The smallest absolute Gasteiger partial charge is 0.319 e. The predicted octanol–water partition coefficient (Wildman–Crippen LogP) is 4.96. The Morgan fingerprint density at radius 1 is 1.07 bits per heavy atom. The molecule has 144 valence electrons. The molecule has 1 unspecified atom stereocenters. The van der Waals surface area contributed by atoms with Gasteiger partial charge >= 0.3 is 6.03 Å². The van der Waals surface area contributed by atoms with E-state index in [0.717, 1.165) is 22.1 Å². The molecule has 0 saturated carbocycles. The van der Waals surface area contributed by atoms with Gasteiger partial charge in [0.2, 0.25) is 5.91 Å². The lowest BCUT2D eigenvalue weighted by Crippen LogP contribution is -2.37. The van der Waals surface area contributed by atoms with Crippen LogP contribution in [-0.2, 0) is 4.79 Å². The second-order valence-electron chi connectivity index (χ2n) is 6.28. The summed E-state index contributed by atoms with van der Waals surface area (Å²) < 4.78 is 0.992. The van der Waals surface area contributed by atoms with Gasteiger partial charge in [-0.2, -0.15) is 0 Å². The Bertz CT molecular complexity index is 752. The van der Waals surface area contributed by atoms with Gasteiger partial charge in [0.1, 0.15) is 0 Å². The number of anilines is 1. The lowest BCUT2D eigenvalue weighted by atomic mass is 10.1. The molecule has 2 aromatic carbocycles. The number of carbonyl (C=O) groups excluding carboxylic acids is 2. The SMILES string of the molecule is CCCN(C(=O)CCNC(=O)Nc1ccccc1)C(C)c1ccccc1Br. The van der Waals surface area contributed by atoms with Gasteiger partial charge in [-0.25, -0.2) is 4.79 Å². The van der Waals surface area contributed by atoms with Crippen molar-refractivity contribution in [3.8, 4) is 0 Å². The van der Waals surface area contributed by atoms with Crippen LogP contribution < -0.4 is 10.6 Å². The number of urea groups is 1. The monoisotopic (exact) mass is 431 g/mol. The van der Waals surface area contributed by atoms with Crippen molar-refractivity contribution in [1.29, 1.82) is 0 Å². The number of amides is 3. The molecule has 27 heavy (non-hydrogen) atoms. The first-order valence-electron chi connectivity index (χ1n) is 9.16. The number of hydrogen-bond donors (Lipinski definition) is 2. The molecule has 0 heterocycles. The molecule has 0 saturated heterocycles. The number of nitrogens with one attached hydrogen (secondary N) is 2. The minimum atomic E-state index is -0.310. The van der Waals surface area contributed by atoms with Gasteiger partial charge in [0.05, 0.1) is 6.04 Å². The van der Waals surface area contributed by atoms with E-state index in [-0.39, 0.29) is 24.4 Å². The van der Waals surface area contributed by atoms with E-state index in [9.17, 15) is 9.59 Å². The highest BCUT2D eigenvalue weighted by Gasteiger charge is 2.22. The molecular weight excluding hydrogens is 406 g/mol. The summed E-state index contributed by atoms with van der Waals surface area (Å²) in [7, 11) is 0. The zero-order valence-electron chi connectivity index (χ0n) is 15.7. The molecule has 0 bridgehead atoms. The molecule has 6 heteroatoms. The molecule has 0 aliphatic heterocycles. The summed E-state index contributed by atoms with van der Waals surface area (Å²) in [5.74, 6) is 0.0279. The van der Waals surface area contributed by atoms with E-state index >= 15 is 0 Å². The summed E-state index contributed by atoms with van der Waals surface area (Å²) in [6.45, 7) is 5.06. The van der Waals surface area contributed by atoms with Crippen LogP contribution in [0.4, 0.5) is 10.5 Å². The van der Waals surface area contributed by atoms with Crippen LogP contribution in [0.15, 0.2) is 59.1 Å². The number of hydrogen-bond acceptors (Lipinski definition) is 2. The van der Waals surface area contributed by atoms with E-state index in [1.165, 1.54) is 0 Å². The minimum Gasteiger partial charge on any atom is -0.337 e. The molecular formula is C21H26BrN3O2. The first-order chi connectivity index (χ1) is 13.0. The molecule has 0 fully saturated rings. The van der Waals surface area contributed by atoms with E-state index in [4.69, 9.17) is 0 Å². The largest absolute Gasteiger partial charge is 0.337 e. The summed E-state index contributed by atoms with van der Waals surface area (Å²) in [6, 6.07) is 16.8. The van der Waals surface area contributed by atoms with Crippen molar-refractivity contribution < 1.29 is 9.59 Å². The maximum atomic E-state index is 12.7. The fraction of sp³-hybridized carbons (Fsp3) is 0.333. The van der Waals surface area contributed by atoms with E-state index in [1.807, 2.05) is 66.4 Å². The number of benzene rings is 2. The molecule has 1 atom stereocenters. The zero-order chi connectivity index (χ0) is 19.6. The fourth-order valence-corrected chi connectivity index (χ4v) is 3.50. The predicted molar refractivity (Wildman–Crippen MR) is 113 cm³/mol. The zero-order valence-corrected chi connectivity index (χ0v) is 17.3. The molecule has 0 radical (unpaired) electrons. The molecule has 0 aromatic heterocycles. The molecule has 5 nitrogen and oxygen atoms in total. The van der Waals surface area contributed by atoms with Gasteiger partial charge in [0.25, 0.3) is 0 Å². The van der Waals surface area contributed by atoms with Crippen molar-refractivity contribution in [2.75, 3.05) is 18.4 Å². The van der Waals surface area contributed by atoms with Crippen LogP contribution in [0.2, 0.25) is 0 Å². The summed E-state index contributed by atoms with van der Waals surface area (Å²) in [5.41, 5.74) is 1.80. The van der Waals surface area contributed by atoms with Gasteiger partial charge in [0, 0.05) is 29.7 Å². The van der Waals surface area contributed by atoms with Gasteiger partial charge in [-0.05, 0) is 37.1 Å². The van der Waals surface area contributed by atoms with Crippen LogP contribution in [0.1, 0.15) is 38.3 Å². The van der Waals surface area contributed by atoms with Crippen LogP contribution in [-0.4, -0.2) is 29.9 Å². The molecule has 0 spiro atoms. The van der Waals surface area contributed by atoms with Crippen molar-refractivity contribution in [2.24, 2.45) is 0 Å². The topological polar surface area (TPSA) is 61.4 Å². The highest BCUT2D eigenvalue weighted by atomic mass is 79.9. The Kier molecular flexibility index (Phi) is 8.33. The number of nitrogens with zero attached hydrogens (tertiary/aromatic N) is 1. The first-order valence-corrected chi connectivity index (χ1v) is 9.96. The van der Waals surface area contributed by atoms with Crippen molar-refractivity contribution in [2.45, 2.75) is 32.7 Å². The van der Waals surface area contributed by atoms with E-state index in [0.29, 0.717) is 13.1 Å². The normalized spacial score (nSPS) is 11.5. The molecule has 0 aliphatic carbocycles. The molecule has 2 rings (SSSR count). The Labute approximate surface area is 169 Å². The maximum Gasteiger partial charge on any atom is 0.319 e. The Morgan fingerprint density at radius 2 is 1.74 bits per heavy atom. The van der Waals surface area contributed by atoms with E-state index < -0.39 is 0 Å². The molecule has 0 aliphatic rings. The average molecular weight is 432 g/mol. The quantitative estimate of drug-likeness (QED) is 0.620. The van der Waals surface area contributed by atoms with Gasteiger partial charge in [-0.1, -0.05) is 59.3 Å². The van der Waals surface area contributed by atoms with Crippen LogP contribution in [0.25, 0.3) is 0 Å². The fourth-order valence-electron chi connectivity index (χ4n) is 2.88. The second kappa shape index (κ2) is 10.7. The van der Waals surface area contributed by atoms with Crippen molar-refractivity contribution in [3.63, 3.8) is 0 Å². The number of para-hydroxylation sites is 1. The van der Waals surface area contributed by atoms with Gasteiger partial charge in [-0.3, -0.25) is 4.79 Å². The third kappa shape index (κ3) is 6.40. The lowest BCUT2D eigenvalue weighted by Gasteiger charge is -2.30. The average Bonchev–Trinajstić information content (AvgIpc) is 2.66. The minimum absolute atomic E-state index is 0.0279. The number of rotatable bonds is 8. The Morgan fingerprint density at radius 3 is 2.41 bits per heavy atom. The third-order valence-corrected chi connectivity index (χ3v) is 4.99. The molecule has 2 N–H and O–H groups in total. The van der Waals surface area contributed by atoms with Gasteiger partial charge in [0.15, 0.2) is 0 Å². The van der Waals surface area contributed by atoms with Crippen LogP contribution in [0, 0.1) is 0 Å². The Balaban J connectivity index is 1.89. The standard InChI is InChI=1S/C21H26BrN3O2/c1-3-15-25(16(2)18-11-7-8-12-19(18)22)20(26)13-14-23-21(27)24-17-9-5-4-6-10-17/h4-12,16H,3,13-15H2,1-2H3,(H2,23,24,27). The maximum absolute atomic E-state index is 12.7. The van der Waals surface area contributed by atoms with Crippen molar-refractivity contribution in [3.05, 3.63) is 64.6 Å². The summed E-state index contributed by atoms with van der Waals surface area (Å²) in [5, 5.41) is 5.49. The first kappa shape index (κ1) is 21.0. The lowest BCUT2D eigenvalue weighted by molar-refractivity contribution is -0.133. The second-order valence-corrected chi connectivity index (χ2v) is 7.14. The molecule has 3 amide bonds. The number of carbonyl (C=O) groups is 2. The van der Waals surface area contributed by atoms with Crippen molar-refractivity contribution in [1.82, 2.24) is 10.2 Å². The van der Waals surface area contributed by atoms with Crippen LogP contribution in [0.5, 0.6) is 0 Å². The Hall–Kier alpha value is -2.34. The van der Waals surface area contributed by atoms with Crippen LogP contribution >= 0.6 is 15.9 Å². The van der Waals surface area contributed by atoms with Crippen LogP contribution in [0.3, 0.4) is 0 Å². The van der Waals surface area contributed by atoms with Crippen molar-refractivity contribution >= 4 is 33.6 Å².